The van der Waals surface area contributed by atoms with E-state index in [2.05, 4.69) is 0 Å². The zero-order valence-electron chi connectivity index (χ0n) is 12.1. The van der Waals surface area contributed by atoms with Crippen molar-refractivity contribution in [1.29, 1.82) is 0 Å². The summed E-state index contributed by atoms with van der Waals surface area (Å²) in [7, 11) is 0. The molecule has 10 nitrogen and oxygen atoms in total. The van der Waals surface area contributed by atoms with Crippen LogP contribution < -0.4 is 44.9 Å². The Morgan fingerprint density at radius 1 is 0.727 bits per heavy atom. The summed E-state index contributed by atoms with van der Waals surface area (Å²) in [5.41, 5.74) is 0. The van der Waals surface area contributed by atoms with Crippen molar-refractivity contribution in [3.8, 4) is 0 Å². The van der Waals surface area contributed by atoms with Crippen molar-refractivity contribution in [3.63, 3.8) is 0 Å². The van der Waals surface area contributed by atoms with E-state index < -0.39 is 50.1 Å². The second-order valence-corrected chi connectivity index (χ2v) is 3.93. The molecule has 0 saturated carbocycles. The van der Waals surface area contributed by atoms with Crippen molar-refractivity contribution in [2.45, 2.75) is 0 Å². The van der Waals surface area contributed by atoms with Crippen molar-refractivity contribution in [3.05, 3.63) is 0 Å². The predicted octanol–water partition coefficient (Wildman–Crippen LogP) is -9.45. The van der Waals surface area contributed by atoms with E-state index in [1.807, 2.05) is 0 Å². The number of rotatable bonds is 11. The van der Waals surface area contributed by atoms with Gasteiger partial charge in [0, 0.05) is 32.7 Å². The quantitative estimate of drug-likeness (QED) is 0.358. The molecule has 0 rings (SSSR count). The first-order valence-electron chi connectivity index (χ1n) is 5.46. The molecule has 0 aliphatic heterocycles. The van der Waals surface area contributed by atoms with Gasteiger partial charge >= 0.3 is 58.6 Å². The fourth-order valence-corrected chi connectivity index (χ4v) is 1.45. The zero-order chi connectivity index (χ0) is 15.7. The Labute approximate surface area is 164 Å². The van der Waals surface area contributed by atoms with Gasteiger partial charge in [-0.15, -0.1) is 0 Å². The van der Waals surface area contributed by atoms with E-state index in [0.717, 1.165) is 9.80 Å². The standard InChI is InChI=1S/C10H16N2O8.Mg.Na/c13-7(14)3-11(4-8(15)16)1-2-12(5-9(17)18)6-10(19)20;;/h1-6H2,(H,13,14)(H,15,16)(H,17,18)(H,19,20);;/q;+2;+1/p-3. The van der Waals surface area contributed by atoms with Gasteiger partial charge in [0.05, 0.1) is 24.5 Å². The third-order valence-electron chi connectivity index (χ3n) is 2.15. The summed E-state index contributed by atoms with van der Waals surface area (Å²) >= 11 is 0. The molecule has 0 heterocycles. The van der Waals surface area contributed by atoms with Gasteiger partial charge in [0.15, 0.2) is 0 Å². The van der Waals surface area contributed by atoms with Crippen LogP contribution in [0.25, 0.3) is 0 Å². The molecule has 0 spiro atoms. The van der Waals surface area contributed by atoms with Gasteiger partial charge in [0.1, 0.15) is 0 Å². The Balaban J connectivity index is -0.00000180. The van der Waals surface area contributed by atoms with Gasteiger partial charge in [0.2, 0.25) is 0 Å². The minimum atomic E-state index is -1.52. The number of carboxylic acid groups (broad SMARTS) is 4. The molecule has 12 heteroatoms. The molecule has 0 unspecified atom stereocenters. The van der Waals surface area contributed by atoms with Gasteiger partial charge in [-0.1, -0.05) is 0 Å². The number of carbonyl (C=O) groups is 4. The van der Waals surface area contributed by atoms with Gasteiger partial charge in [0.25, 0.3) is 0 Å². The fourth-order valence-electron chi connectivity index (χ4n) is 1.45. The van der Waals surface area contributed by atoms with Crippen molar-refractivity contribution < 1.29 is 69.2 Å². The summed E-state index contributed by atoms with van der Waals surface area (Å²) in [5.74, 6) is -5.82. The summed E-state index contributed by atoms with van der Waals surface area (Å²) in [6.07, 6.45) is 0. The van der Waals surface area contributed by atoms with Crippen LogP contribution in [0.1, 0.15) is 0 Å². The first-order valence-corrected chi connectivity index (χ1v) is 5.46. The number of aliphatic carboxylic acids is 4. The minimum absolute atomic E-state index is 0. The van der Waals surface area contributed by atoms with E-state index in [0.29, 0.717) is 0 Å². The first-order chi connectivity index (χ1) is 9.20. The molecule has 22 heavy (non-hydrogen) atoms. The van der Waals surface area contributed by atoms with Gasteiger partial charge < -0.3 is 34.8 Å². The molecule has 0 bridgehead atoms. The molecule has 1 N–H and O–H groups in total. The second kappa shape index (κ2) is 14.2. The van der Waals surface area contributed by atoms with Crippen LogP contribution >= 0.6 is 0 Å². The van der Waals surface area contributed by atoms with Gasteiger partial charge in [-0.25, -0.2) is 0 Å². The molecule has 0 saturated heterocycles. The van der Waals surface area contributed by atoms with Crippen molar-refractivity contribution in [2.24, 2.45) is 0 Å². The van der Waals surface area contributed by atoms with E-state index in [4.69, 9.17) is 5.11 Å². The Kier molecular flexibility index (Phi) is 17.1. The topological polar surface area (TPSA) is 164 Å². The summed E-state index contributed by atoms with van der Waals surface area (Å²) in [4.78, 5) is 43.7. The van der Waals surface area contributed by atoms with E-state index in [1.165, 1.54) is 0 Å². The average Bonchev–Trinajstić information content (AvgIpc) is 2.22. The van der Waals surface area contributed by atoms with Crippen LogP contribution in [0.4, 0.5) is 0 Å². The largest absolute Gasteiger partial charge is 2.00 e. The SMILES string of the molecule is O=C([O-])CN(CCN(CC(=O)[O-])CC(=O)O)CC(=O)[O-].[Mg+2].[Na+]. The summed E-state index contributed by atoms with van der Waals surface area (Å²) in [6.45, 7) is -3.00. The van der Waals surface area contributed by atoms with Crippen LogP contribution in [0.5, 0.6) is 0 Å². The van der Waals surface area contributed by atoms with Crippen LogP contribution in [-0.2, 0) is 19.2 Å². The maximum Gasteiger partial charge on any atom is 2.00 e. The van der Waals surface area contributed by atoms with E-state index in [-0.39, 0.29) is 65.7 Å². The smallest absolute Gasteiger partial charge is 0.549 e. The van der Waals surface area contributed by atoms with Crippen LogP contribution in [0.15, 0.2) is 0 Å². The van der Waals surface area contributed by atoms with Gasteiger partial charge in [-0.3, -0.25) is 14.6 Å². The third kappa shape index (κ3) is 15.9. The molecule has 0 fully saturated rings. The van der Waals surface area contributed by atoms with Crippen molar-refractivity contribution in [1.82, 2.24) is 9.80 Å². The Bertz CT molecular complexity index is 327. The maximum absolute atomic E-state index is 10.5. The zero-order valence-corrected chi connectivity index (χ0v) is 15.6. The van der Waals surface area contributed by atoms with Gasteiger partial charge in [-0.05, 0) is 0 Å². The third-order valence-corrected chi connectivity index (χ3v) is 2.15. The summed E-state index contributed by atoms with van der Waals surface area (Å²) in [6, 6.07) is 0. The molecule has 0 atom stereocenters. The molecule has 0 aliphatic rings. The molecule has 0 radical (unpaired) electrons. The molecule has 114 valence electrons. The number of carbonyl (C=O) groups excluding carboxylic acids is 3. The fraction of sp³-hybridized carbons (Fsp3) is 0.600. The molecule has 0 aromatic rings. The monoisotopic (exact) mass is 336 g/mol. The number of hydrogen-bond acceptors (Lipinski definition) is 9. The number of hydrogen-bond donors (Lipinski definition) is 1. The van der Waals surface area contributed by atoms with Crippen LogP contribution in [0, 0.1) is 0 Å². The predicted molar refractivity (Wildman–Crippen MR) is 61.3 cm³/mol. The first kappa shape index (κ1) is 26.5. The molecule has 0 aliphatic carbocycles. The van der Waals surface area contributed by atoms with E-state index in [1.54, 1.807) is 0 Å². The molecular formula is C10H13MgN2NaO8. The summed E-state index contributed by atoms with van der Waals surface area (Å²) in [5, 5.41) is 39.8. The van der Waals surface area contributed by atoms with Crippen molar-refractivity contribution in [2.75, 3.05) is 39.3 Å². The van der Waals surface area contributed by atoms with Crippen molar-refractivity contribution >= 4 is 46.9 Å². The molecule has 0 amide bonds. The average molecular weight is 337 g/mol. The van der Waals surface area contributed by atoms with E-state index in [9.17, 15) is 34.5 Å². The normalized spacial score (nSPS) is 9.73. The Morgan fingerprint density at radius 2 is 1.00 bits per heavy atom. The Hall–Kier alpha value is -0.434. The number of carboxylic acids is 4. The van der Waals surface area contributed by atoms with E-state index >= 15 is 0 Å². The molecule has 0 aromatic carbocycles. The second-order valence-electron chi connectivity index (χ2n) is 3.93. The van der Waals surface area contributed by atoms with Crippen LogP contribution in [-0.4, -0.2) is 101 Å². The van der Waals surface area contributed by atoms with Gasteiger partial charge in [-0.2, -0.15) is 0 Å². The Morgan fingerprint density at radius 3 is 1.23 bits per heavy atom. The van der Waals surface area contributed by atoms with Crippen LogP contribution in [0.2, 0.25) is 0 Å². The summed E-state index contributed by atoms with van der Waals surface area (Å²) < 4.78 is 0. The van der Waals surface area contributed by atoms with Crippen LogP contribution in [0.3, 0.4) is 0 Å². The number of nitrogens with zero attached hydrogens (tertiary/aromatic N) is 2. The maximum atomic E-state index is 10.5. The minimum Gasteiger partial charge on any atom is -0.549 e. The molecular weight excluding hydrogens is 323 g/mol. The molecule has 0 aromatic heterocycles.